The van der Waals surface area contributed by atoms with Gasteiger partial charge in [0.2, 0.25) is 0 Å². The molecule has 98 valence electrons. The quantitative estimate of drug-likeness (QED) is 0.844. The molecule has 1 aliphatic heterocycles. The van der Waals surface area contributed by atoms with Crippen LogP contribution in [-0.4, -0.2) is 31.7 Å². The molecule has 0 bridgehead atoms. The van der Waals surface area contributed by atoms with Crippen LogP contribution in [0.4, 0.5) is 0 Å². The molecule has 0 radical (unpaired) electrons. The monoisotopic (exact) mass is 248 g/mol. The molecule has 1 aromatic carbocycles. The zero-order valence-electron chi connectivity index (χ0n) is 10.9. The van der Waals surface area contributed by atoms with E-state index in [1.54, 1.807) is 0 Å². The number of carbonyl (C=O) groups excluding carboxylic acids is 1. The van der Waals surface area contributed by atoms with Gasteiger partial charge in [-0.3, -0.25) is 4.79 Å². The molecule has 4 nitrogen and oxygen atoms in total. The average molecular weight is 248 g/mol. The Bertz CT molecular complexity index is 414. The van der Waals surface area contributed by atoms with Crippen LogP contribution in [0.25, 0.3) is 0 Å². The van der Waals surface area contributed by atoms with Crippen molar-refractivity contribution in [1.82, 2.24) is 10.6 Å². The summed E-state index contributed by atoms with van der Waals surface area (Å²) in [6.45, 7) is 6.05. The van der Waals surface area contributed by atoms with Gasteiger partial charge in [0.05, 0.1) is 12.6 Å². The van der Waals surface area contributed by atoms with Crippen molar-refractivity contribution in [3.05, 3.63) is 35.4 Å². The summed E-state index contributed by atoms with van der Waals surface area (Å²) < 4.78 is 5.43. The fraction of sp³-hybridized carbons (Fsp3) is 0.500. The molecule has 2 N–H and O–H groups in total. The van der Waals surface area contributed by atoms with E-state index in [1.165, 1.54) is 5.56 Å². The number of benzene rings is 1. The zero-order valence-corrected chi connectivity index (χ0v) is 10.9. The van der Waals surface area contributed by atoms with Crippen LogP contribution in [-0.2, 0) is 9.53 Å². The number of hydrogen-bond acceptors (Lipinski definition) is 3. The molecule has 1 aliphatic rings. The minimum absolute atomic E-state index is 0.00391. The van der Waals surface area contributed by atoms with Gasteiger partial charge in [-0.1, -0.05) is 24.3 Å². The third kappa shape index (κ3) is 3.09. The van der Waals surface area contributed by atoms with Crippen LogP contribution < -0.4 is 10.6 Å². The van der Waals surface area contributed by atoms with Crippen LogP contribution in [0.3, 0.4) is 0 Å². The van der Waals surface area contributed by atoms with Gasteiger partial charge in [-0.25, -0.2) is 0 Å². The summed E-state index contributed by atoms with van der Waals surface area (Å²) in [5, 5.41) is 6.16. The zero-order chi connectivity index (χ0) is 13.0. The highest BCUT2D eigenvalue weighted by Gasteiger charge is 2.23. The lowest BCUT2D eigenvalue weighted by molar-refractivity contribution is -0.134. The van der Waals surface area contributed by atoms with Crippen LogP contribution in [0.5, 0.6) is 0 Å². The Kier molecular flexibility index (Phi) is 4.33. The summed E-state index contributed by atoms with van der Waals surface area (Å²) in [6, 6.07) is 8.09. The molecule has 0 spiro atoms. The van der Waals surface area contributed by atoms with Crippen LogP contribution in [0.15, 0.2) is 24.3 Å². The minimum Gasteiger partial charge on any atom is -0.366 e. The van der Waals surface area contributed by atoms with Gasteiger partial charge in [0.1, 0.15) is 6.10 Å². The number of amides is 1. The molecule has 2 atom stereocenters. The number of carbonyl (C=O) groups is 1. The molecule has 0 saturated carbocycles. The molecule has 1 unspecified atom stereocenters. The number of aryl methyl sites for hydroxylation is 1. The first-order chi connectivity index (χ1) is 8.68. The van der Waals surface area contributed by atoms with Crippen molar-refractivity contribution in [2.24, 2.45) is 0 Å². The lowest BCUT2D eigenvalue weighted by atomic mass is 10.0. The largest absolute Gasteiger partial charge is 0.366 e. The predicted octanol–water partition coefficient (Wildman–Crippen LogP) is 1.16. The standard InChI is InChI=1S/C14H20N2O2/c1-10-5-3-4-6-12(10)11(2)16-14(17)13-9-15-7-8-18-13/h3-6,11,13,15H,7-9H2,1-2H3,(H,16,17)/t11-,13?/m0/s1. The predicted molar refractivity (Wildman–Crippen MR) is 70.3 cm³/mol. The van der Waals surface area contributed by atoms with Crippen molar-refractivity contribution >= 4 is 5.91 Å². The van der Waals surface area contributed by atoms with E-state index in [4.69, 9.17) is 4.74 Å². The first-order valence-corrected chi connectivity index (χ1v) is 6.36. The Morgan fingerprint density at radius 2 is 2.28 bits per heavy atom. The number of hydrogen-bond donors (Lipinski definition) is 2. The lowest BCUT2D eigenvalue weighted by Crippen LogP contribution is -2.48. The number of nitrogens with one attached hydrogen (secondary N) is 2. The van der Waals surface area contributed by atoms with E-state index in [9.17, 15) is 4.79 Å². The molecule has 1 saturated heterocycles. The molecule has 1 aromatic rings. The Hall–Kier alpha value is -1.39. The van der Waals surface area contributed by atoms with E-state index < -0.39 is 0 Å². The van der Waals surface area contributed by atoms with Crippen LogP contribution in [0.1, 0.15) is 24.1 Å². The average Bonchev–Trinajstić information content (AvgIpc) is 2.40. The summed E-state index contributed by atoms with van der Waals surface area (Å²) in [5.74, 6) is -0.0436. The first-order valence-electron chi connectivity index (χ1n) is 6.36. The van der Waals surface area contributed by atoms with E-state index in [1.807, 2.05) is 25.1 Å². The van der Waals surface area contributed by atoms with Crippen LogP contribution >= 0.6 is 0 Å². The van der Waals surface area contributed by atoms with Crippen molar-refractivity contribution < 1.29 is 9.53 Å². The molecule has 0 aliphatic carbocycles. The number of morpholine rings is 1. The summed E-state index contributed by atoms with van der Waals surface area (Å²) in [6.07, 6.45) is -0.370. The fourth-order valence-corrected chi connectivity index (χ4v) is 2.19. The van der Waals surface area contributed by atoms with E-state index in [0.717, 1.165) is 12.1 Å². The van der Waals surface area contributed by atoms with Crippen molar-refractivity contribution in [3.8, 4) is 0 Å². The number of rotatable bonds is 3. The highest BCUT2D eigenvalue weighted by atomic mass is 16.5. The van der Waals surface area contributed by atoms with Gasteiger partial charge in [0.25, 0.3) is 5.91 Å². The van der Waals surface area contributed by atoms with Crippen molar-refractivity contribution in [1.29, 1.82) is 0 Å². The maximum atomic E-state index is 12.0. The third-order valence-corrected chi connectivity index (χ3v) is 3.23. The van der Waals surface area contributed by atoms with E-state index >= 15 is 0 Å². The van der Waals surface area contributed by atoms with Gasteiger partial charge in [0.15, 0.2) is 0 Å². The Morgan fingerprint density at radius 1 is 1.50 bits per heavy atom. The molecule has 2 rings (SSSR count). The summed E-state index contributed by atoms with van der Waals surface area (Å²) in [4.78, 5) is 12.0. The van der Waals surface area contributed by atoms with Crippen molar-refractivity contribution in [2.75, 3.05) is 19.7 Å². The van der Waals surface area contributed by atoms with Crippen LogP contribution in [0.2, 0.25) is 0 Å². The van der Waals surface area contributed by atoms with Gasteiger partial charge < -0.3 is 15.4 Å². The van der Waals surface area contributed by atoms with Crippen molar-refractivity contribution in [3.63, 3.8) is 0 Å². The maximum absolute atomic E-state index is 12.0. The summed E-state index contributed by atoms with van der Waals surface area (Å²) in [7, 11) is 0. The SMILES string of the molecule is Cc1ccccc1[C@H](C)NC(=O)C1CNCCO1. The lowest BCUT2D eigenvalue weighted by Gasteiger charge is -2.25. The minimum atomic E-state index is -0.370. The molecule has 0 aromatic heterocycles. The molecule has 18 heavy (non-hydrogen) atoms. The molecule has 4 heteroatoms. The summed E-state index contributed by atoms with van der Waals surface area (Å²) in [5.41, 5.74) is 2.34. The van der Waals surface area contributed by atoms with Gasteiger partial charge in [0, 0.05) is 13.1 Å². The smallest absolute Gasteiger partial charge is 0.250 e. The highest BCUT2D eigenvalue weighted by Crippen LogP contribution is 2.16. The highest BCUT2D eigenvalue weighted by molar-refractivity contribution is 5.81. The van der Waals surface area contributed by atoms with E-state index in [0.29, 0.717) is 13.2 Å². The van der Waals surface area contributed by atoms with Crippen LogP contribution in [0, 0.1) is 6.92 Å². The topological polar surface area (TPSA) is 50.4 Å². The molecule has 1 amide bonds. The van der Waals surface area contributed by atoms with Gasteiger partial charge in [-0.05, 0) is 25.0 Å². The number of ether oxygens (including phenoxy) is 1. The van der Waals surface area contributed by atoms with Gasteiger partial charge >= 0.3 is 0 Å². The normalized spacial score (nSPS) is 21.3. The molecular formula is C14H20N2O2. The van der Waals surface area contributed by atoms with Crippen molar-refractivity contribution in [2.45, 2.75) is 26.0 Å². The van der Waals surface area contributed by atoms with Gasteiger partial charge in [-0.2, -0.15) is 0 Å². The fourth-order valence-electron chi connectivity index (χ4n) is 2.19. The van der Waals surface area contributed by atoms with E-state index in [-0.39, 0.29) is 18.1 Å². The summed E-state index contributed by atoms with van der Waals surface area (Å²) >= 11 is 0. The molecular weight excluding hydrogens is 228 g/mol. The molecule has 1 heterocycles. The second-order valence-electron chi connectivity index (χ2n) is 4.65. The van der Waals surface area contributed by atoms with Gasteiger partial charge in [-0.15, -0.1) is 0 Å². The second kappa shape index (κ2) is 5.98. The second-order valence-corrected chi connectivity index (χ2v) is 4.65. The molecule has 1 fully saturated rings. The third-order valence-electron chi connectivity index (χ3n) is 3.23. The first kappa shape index (κ1) is 13.1. The Morgan fingerprint density at radius 3 is 2.94 bits per heavy atom. The Balaban J connectivity index is 1.96. The Labute approximate surface area is 108 Å². The maximum Gasteiger partial charge on any atom is 0.250 e. The van der Waals surface area contributed by atoms with E-state index in [2.05, 4.69) is 23.6 Å².